The van der Waals surface area contributed by atoms with Crippen LogP contribution in [0.15, 0.2) is 35.7 Å². The van der Waals surface area contributed by atoms with E-state index in [9.17, 15) is 4.79 Å². The first-order valence-corrected chi connectivity index (χ1v) is 4.49. The van der Waals surface area contributed by atoms with Crippen LogP contribution in [0.4, 0.5) is 5.69 Å². The Morgan fingerprint density at radius 3 is 3.19 bits per heavy atom. The van der Waals surface area contributed by atoms with Crippen molar-refractivity contribution in [3.8, 4) is 0 Å². The van der Waals surface area contributed by atoms with E-state index in [4.69, 9.17) is 5.21 Å². The molecule has 0 aliphatic heterocycles. The third kappa shape index (κ3) is 2.11. The van der Waals surface area contributed by atoms with Crippen LogP contribution in [-0.2, 0) is 4.79 Å². The molecule has 2 N–H and O–H groups in total. The van der Waals surface area contributed by atoms with Crippen LogP contribution in [0.5, 0.6) is 0 Å². The molecule has 0 aliphatic rings. The average molecular weight is 216 g/mol. The summed E-state index contributed by atoms with van der Waals surface area (Å²) in [5, 5.41) is 14.1. The molecular formula is C10H8N4O2. The summed E-state index contributed by atoms with van der Waals surface area (Å²) in [6.07, 6.45) is 3.90. The Kier molecular flexibility index (Phi) is 2.73. The molecule has 2 aromatic heterocycles. The first kappa shape index (κ1) is 10.0. The molecule has 0 fully saturated rings. The van der Waals surface area contributed by atoms with Crippen LogP contribution < -0.4 is 5.32 Å². The summed E-state index contributed by atoms with van der Waals surface area (Å²) < 4.78 is 0. The van der Waals surface area contributed by atoms with E-state index in [1.54, 1.807) is 18.3 Å². The van der Waals surface area contributed by atoms with Gasteiger partial charge in [0, 0.05) is 11.6 Å². The zero-order valence-electron chi connectivity index (χ0n) is 8.16. The molecule has 16 heavy (non-hydrogen) atoms. The number of rotatable bonds is 2. The highest BCUT2D eigenvalue weighted by molar-refractivity contribution is 6.31. The topological polar surface area (TPSA) is 87.5 Å². The molecule has 0 aromatic carbocycles. The number of nitrogens with zero attached hydrogens (tertiary/aromatic N) is 3. The summed E-state index contributed by atoms with van der Waals surface area (Å²) in [7, 11) is 0. The van der Waals surface area contributed by atoms with Crippen molar-refractivity contribution in [2.45, 2.75) is 0 Å². The van der Waals surface area contributed by atoms with E-state index in [-0.39, 0.29) is 0 Å². The lowest BCUT2D eigenvalue weighted by molar-refractivity contribution is -0.110. The zero-order valence-corrected chi connectivity index (χ0v) is 8.16. The van der Waals surface area contributed by atoms with Crippen LogP contribution >= 0.6 is 0 Å². The fourth-order valence-corrected chi connectivity index (χ4v) is 1.26. The lowest BCUT2D eigenvalue weighted by atomic mass is 10.3. The molecular weight excluding hydrogens is 208 g/mol. The Labute approximate surface area is 90.6 Å². The van der Waals surface area contributed by atoms with Crippen molar-refractivity contribution in [1.82, 2.24) is 9.97 Å². The second kappa shape index (κ2) is 4.35. The molecule has 0 saturated heterocycles. The van der Waals surface area contributed by atoms with E-state index in [0.29, 0.717) is 11.3 Å². The van der Waals surface area contributed by atoms with Crippen molar-refractivity contribution >= 4 is 28.8 Å². The van der Waals surface area contributed by atoms with E-state index >= 15 is 0 Å². The van der Waals surface area contributed by atoms with Gasteiger partial charge in [-0.2, -0.15) is 0 Å². The maximum absolute atomic E-state index is 11.1. The maximum Gasteiger partial charge on any atom is 0.270 e. The average Bonchev–Trinajstić information content (AvgIpc) is 2.29. The fraction of sp³-hybridized carbons (Fsp3) is 0. The molecule has 0 spiro atoms. The van der Waals surface area contributed by atoms with Gasteiger partial charge in [-0.05, 0) is 18.2 Å². The fourth-order valence-electron chi connectivity index (χ4n) is 1.26. The number of carbonyl (C=O) groups excluding carboxylic acids is 1. The summed E-state index contributed by atoms with van der Waals surface area (Å²) >= 11 is 0. The Morgan fingerprint density at radius 1 is 1.50 bits per heavy atom. The summed E-state index contributed by atoms with van der Waals surface area (Å²) in [6, 6.07) is 5.36. The molecule has 0 bridgehead atoms. The number of pyridine rings is 2. The van der Waals surface area contributed by atoms with E-state index in [2.05, 4.69) is 20.4 Å². The van der Waals surface area contributed by atoms with Gasteiger partial charge >= 0.3 is 0 Å². The van der Waals surface area contributed by atoms with Crippen LogP contribution in [-0.4, -0.2) is 27.3 Å². The Bertz CT molecular complexity index is 553. The van der Waals surface area contributed by atoms with Gasteiger partial charge in [-0.1, -0.05) is 5.16 Å². The molecule has 0 radical (unpaired) electrons. The molecule has 80 valence electrons. The van der Waals surface area contributed by atoms with Gasteiger partial charge in [-0.15, -0.1) is 0 Å². The Balaban J connectivity index is 2.29. The highest BCUT2D eigenvalue weighted by Gasteiger charge is 2.01. The van der Waals surface area contributed by atoms with E-state index in [0.717, 1.165) is 11.6 Å². The van der Waals surface area contributed by atoms with Crippen LogP contribution in [0, 0.1) is 0 Å². The standard InChI is InChI=1S/C10H8N4O2/c15-9(6-13-16)14-8-4-7-2-1-3-11-10(7)12-5-8/h1-6,16H,(H,14,15)/b13-6-. The summed E-state index contributed by atoms with van der Waals surface area (Å²) in [4.78, 5) is 19.2. The van der Waals surface area contributed by atoms with Crippen LogP contribution in [0.3, 0.4) is 0 Å². The van der Waals surface area contributed by atoms with Gasteiger partial charge in [0.1, 0.15) is 6.21 Å². The smallest absolute Gasteiger partial charge is 0.270 e. The highest BCUT2D eigenvalue weighted by atomic mass is 16.4. The molecule has 2 heterocycles. The molecule has 0 unspecified atom stereocenters. The number of hydrogen-bond acceptors (Lipinski definition) is 5. The lowest BCUT2D eigenvalue weighted by Crippen LogP contribution is -2.12. The summed E-state index contributed by atoms with van der Waals surface area (Å²) in [6.45, 7) is 0. The second-order valence-electron chi connectivity index (χ2n) is 3.01. The largest absolute Gasteiger partial charge is 0.411 e. The minimum atomic E-state index is -0.521. The molecule has 6 nitrogen and oxygen atoms in total. The van der Waals surface area contributed by atoms with E-state index < -0.39 is 5.91 Å². The molecule has 6 heteroatoms. The van der Waals surface area contributed by atoms with Gasteiger partial charge in [0.15, 0.2) is 5.65 Å². The number of aromatic nitrogens is 2. The van der Waals surface area contributed by atoms with Crippen LogP contribution in [0.2, 0.25) is 0 Å². The summed E-state index contributed by atoms with van der Waals surface area (Å²) in [5.41, 5.74) is 1.13. The third-order valence-corrected chi connectivity index (χ3v) is 1.90. The van der Waals surface area contributed by atoms with Gasteiger partial charge in [0.05, 0.1) is 11.9 Å². The number of hydrogen-bond donors (Lipinski definition) is 2. The lowest BCUT2D eigenvalue weighted by Gasteiger charge is -2.02. The first-order valence-electron chi connectivity index (χ1n) is 4.49. The van der Waals surface area contributed by atoms with Gasteiger partial charge < -0.3 is 10.5 Å². The van der Waals surface area contributed by atoms with Crippen molar-refractivity contribution in [2.24, 2.45) is 5.16 Å². The number of carbonyl (C=O) groups is 1. The SMILES string of the molecule is O=C(/C=N\O)Nc1cnc2ncccc2c1. The van der Waals surface area contributed by atoms with Crippen LogP contribution in [0.25, 0.3) is 11.0 Å². The molecule has 0 atom stereocenters. The third-order valence-electron chi connectivity index (χ3n) is 1.90. The second-order valence-corrected chi connectivity index (χ2v) is 3.01. The van der Waals surface area contributed by atoms with Gasteiger partial charge in [-0.3, -0.25) is 4.79 Å². The molecule has 2 rings (SSSR count). The van der Waals surface area contributed by atoms with E-state index in [1.807, 2.05) is 6.07 Å². The van der Waals surface area contributed by atoms with Crippen molar-refractivity contribution in [3.63, 3.8) is 0 Å². The van der Waals surface area contributed by atoms with Gasteiger partial charge in [-0.25, -0.2) is 9.97 Å². The zero-order chi connectivity index (χ0) is 11.4. The molecule has 0 aliphatic carbocycles. The van der Waals surface area contributed by atoms with Crippen molar-refractivity contribution in [2.75, 3.05) is 5.32 Å². The van der Waals surface area contributed by atoms with Crippen molar-refractivity contribution < 1.29 is 10.0 Å². The maximum atomic E-state index is 11.1. The quantitative estimate of drug-likeness (QED) is 0.446. The number of nitrogens with one attached hydrogen (secondary N) is 1. The van der Waals surface area contributed by atoms with E-state index in [1.165, 1.54) is 6.20 Å². The van der Waals surface area contributed by atoms with Crippen molar-refractivity contribution in [3.05, 3.63) is 30.6 Å². The van der Waals surface area contributed by atoms with Gasteiger partial charge in [0.25, 0.3) is 5.91 Å². The molecule has 2 aromatic rings. The first-order chi connectivity index (χ1) is 7.79. The number of fused-ring (bicyclic) bond motifs is 1. The van der Waals surface area contributed by atoms with Gasteiger partial charge in [0.2, 0.25) is 0 Å². The minimum absolute atomic E-state index is 0.519. The molecule has 0 saturated carbocycles. The van der Waals surface area contributed by atoms with Crippen LogP contribution in [0.1, 0.15) is 0 Å². The highest BCUT2D eigenvalue weighted by Crippen LogP contribution is 2.13. The van der Waals surface area contributed by atoms with Crippen molar-refractivity contribution in [1.29, 1.82) is 0 Å². The number of anilines is 1. The number of oxime groups is 1. The monoisotopic (exact) mass is 216 g/mol. The Hall–Kier alpha value is -2.50. The summed E-state index contributed by atoms with van der Waals surface area (Å²) in [5.74, 6) is -0.521. The molecule has 1 amide bonds. The predicted octanol–water partition coefficient (Wildman–Crippen LogP) is 1.03. The predicted molar refractivity (Wildman–Crippen MR) is 58.4 cm³/mol. The normalized spacial score (nSPS) is 10.8. The number of amides is 1. The minimum Gasteiger partial charge on any atom is -0.411 e. The Morgan fingerprint density at radius 2 is 2.38 bits per heavy atom.